The first kappa shape index (κ1) is 19.3. The van der Waals surface area contributed by atoms with Crippen LogP contribution in [0.3, 0.4) is 0 Å². The third-order valence-electron chi connectivity index (χ3n) is 5.46. The predicted octanol–water partition coefficient (Wildman–Crippen LogP) is 5.76. The molecular weight excluding hydrogens is 392 g/mol. The van der Waals surface area contributed by atoms with Crippen molar-refractivity contribution in [2.24, 2.45) is 5.92 Å². The van der Waals surface area contributed by atoms with E-state index in [2.05, 4.69) is 10.6 Å². The van der Waals surface area contributed by atoms with Crippen molar-refractivity contribution in [1.29, 1.82) is 0 Å². The summed E-state index contributed by atoms with van der Waals surface area (Å²) in [5.74, 6) is 0.434. The molecule has 1 aliphatic heterocycles. The van der Waals surface area contributed by atoms with E-state index in [9.17, 15) is 9.59 Å². The Kier molecular flexibility index (Phi) is 5.93. The van der Waals surface area contributed by atoms with Gasteiger partial charge in [0.25, 0.3) is 11.8 Å². The lowest BCUT2D eigenvalue weighted by molar-refractivity contribution is 0.0949. The Bertz CT molecular complexity index is 909. The molecule has 1 aliphatic carbocycles. The first-order valence-electron chi connectivity index (χ1n) is 9.81. The van der Waals surface area contributed by atoms with E-state index in [1.54, 1.807) is 18.2 Å². The lowest BCUT2D eigenvalue weighted by Crippen LogP contribution is -2.26. The van der Waals surface area contributed by atoms with Crippen molar-refractivity contribution in [2.45, 2.75) is 48.3 Å². The van der Waals surface area contributed by atoms with E-state index in [0.29, 0.717) is 28.4 Å². The lowest BCUT2D eigenvalue weighted by atomic mass is 9.87. The van der Waals surface area contributed by atoms with Crippen molar-refractivity contribution in [3.8, 4) is 0 Å². The van der Waals surface area contributed by atoms with E-state index in [4.69, 9.17) is 11.6 Å². The van der Waals surface area contributed by atoms with Crippen LogP contribution < -0.4 is 10.6 Å². The summed E-state index contributed by atoms with van der Waals surface area (Å²) >= 11 is 7.53. The third kappa shape index (κ3) is 4.36. The van der Waals surface area contributed by atoms with Crippen LogP contribution in [0.25, 0.3) is 0 Å². The zero-order valence-corrected chi connectivity index (χ0v) is 17.2. The van der Waals surface area contributed by atoms with Crippen molar-refractivity contribution < 1.29 is 9.59 Å². The summed E-state index contributed by atoms with van der Waals surface area (Å²) in [5.41, 5.74) is 1.77. The monoisotopic (exact) mass is 414 g/mol. The molecule has 1 heterocycles. The van der Waals surface area contributed by atoms with Gasteiger partial charge in [0.2, 0.25) is 0 Å². The summed E-state index contributed by atoms with van der Waals surface area (Å²) in [6.07, 6.45) is 7.57. The zero-order chi connectivity index (χ0) is 19.5. The smallest absolute Gasteiger partial charge is 0.256 e. The molecule has 2 aliphatic rings. The molecule has 0 aromatic heterocycles. The molecule has 1 saturated carbocycles. The number of hydrogen-bond acceptors (Lipinski definition) is 3. The van der Waals surface area contributed by atoms with Crippen LogP contribution in [0.4, 0.5) is 5.69 Å². The average Bonchev–Trinajstić information content (AvgIpc) is 2.84. The maximum Gasteiger partial charge on any atom is 0.256 e. The maximum atomic E-state index is 12.6. The van der Waals surface area contributed by atoms with Gasteiger partial charge in [0.15, 0.2) is 0 Å². The molecular formula is C22H23ClN2O2S. The summed E-state index contributed by atoms with van der Waals surface area (Å²) in [4.78, 5) is 26.9. The highest BCUT2D eigenvalue weighted by Gasteiger charge is 2.21. The second kappa shape index (κ2) is 8.58. The Morgan fingerprint density at radius 1 is 1.11 bits per heavy atom. The molecule has 2 amide bonds. The maximum absolute atomic E-state index is 12.6. The molecule has 0 bridgehead atoms. The van der Waals surface area contributed by atoms with Crippen molar-refractivity contribution in [3.05, 3.63) is 52.5 Å². The molecule has 1 fully saturated rings. The third-order valence-corrected chi connectivity index (χ3v) is 6.85. The van der Waals surface area contributed by atoms with Crippen LogP contribution in [0.5, 0.6) is 0 Å². The molecule has 0 radical (unpaired) electrons. The van der Waals surface area contributed by atoms with Crippen LogP contribution in [0.15, 0.2) is 46.2 Å². The quantitative estimate of drug-likeness (QED) is 0.668. The van der Waals surface area contributed by atoms with Gasteiger partial charge in [-0.05, 0) is 48.7 Å². The van der Waals surface area contributed by atoms with E-state index in [0.717, 1.165) is 22.1 Å². The molecule has 2 aromatic carbocycles. The summed E-state index contributed by atoms with van der Waals surface area (Å²) in [5, 5.41) is 6.47. The van der Waals surface area contributed by atoms with Crippen LogP contribution in [0.2, 0.25) is 5.02 Å². The minimum atomic E-state index is -0.210. The highest BCUT2D eigenvalue weighted by molar-refractivity contribution is 7.99. The minimum absolute atomic E-state index is 0.0948. The number of carbonyl (C=O) groups excluding carboxylic acids is 2. The SMILES string of the molecule is O=C(NCCC1CCCCC1)c1ccc2c(c1)NC(=O)c1cc(Cl)ccc1S2. The van der Waals surface area contributed by atoms with E-state index < -0.39 is 0 Å². The van der Waals surface area contributed by atoms with Crippen molar-refractivity contribution in [3.63, 3.8) is 0 Å². The number of rotatable bonds is 4. The highest BCUT2D eigenvalue weighted by atomic mass is 35.5. The lowest BCUT2D eigenvalue weighted by Gasteiger charge is -2.21. The molecule has 28 heavy (non-hydrogen) atoms. The Labute approximate surface area is 174 Å². The van der Waals surface area contributed by atoms with Gasteiger partial charge < -0.3 is 10.6 Å². The largest absolute Gasteiger partial charge is 0.352 e. The van der Waals surface area contributed by atoms with Crippen molar-refractivity contribution in [2.75, 3.05) is 11.9 Å². The number of nitrogens with one attached hydrogen (secondary N) is 2. The van der Waals surface area contributed by atoms with E-state index in [-0.39, 0.29) is 11.8 Å². The van der Waals surface area contributed by atoms with Gasteiger partial charge in [-0.3, -0.25) is 9.59 Å². The minimum Gasteiger partial charge on any atom is -0.352 e. The second-order valence-corrected chi connectivity index (χ2v) is 8.98. The Hall–Kier alpha value is -1.98. The average molecular weight is 415 g/mol. The first-order chi connectivity index (χ1) is 13.6. The fraction of sp³-hybridized carbons (Fsp3) is 0.364. The second-order valence-electron chi connectivity index (χ2n) is 7.46. The first-order valence-corrected chi connectivity index (χ1v) is 11.0. The number of hydrogen-bond donors (Lipinski definition) is 2. The fourth-order valence-electron chi connectivity index (χ4n) is 3.90. The number of halogens is 1. The number of fused-ring (bicyclic) bond motifs is 2. The highest BCUT2D eigenvalue weighted by Crippen LogP contribution is 2.39. The topological polar surface area (TPSA) is 58.2 Å². The molecule has 4 rings (SSSR count). The van der Waals surface area contributed by atoms with Crippen LogP contribution in [-0.4, -0.2) is 18.4 Å². The molecule has 2 aromatic rings. The Morgan fingerprint density at radius 3 is 2.71 bits per heavy atom. The van der Waals surface area contributed by atoms with Gasteiger partial charge in [-0.25, -0.2) is 0 Å². The van der Waals surface area contributed by atoms with E-state index in [1.807, 2.05) is 18.2 Å². The molecule has 0 saturated heterocycles. The standard InChI is InChI=1S/C22H23ClN2O2S/c23-16-7-9-19-17(13-16)22(27)25-18-12-15(6-8-20(18)28-19)21(26)24-11-10-14-4-2-1-3-5-14/h6-9,12-14H,1-5,10-11H2,(H,24,26)(H,25,27). The summed E-state index contributed by atoms with van der Waals surface area (Å²) < 4.78 is 0. The Balaban J connectivity index is 1.44. The van der Waals surface area contributed by atoms with Crippen LogP contribution >= 0.6 is 23.4 Å². The van der Waals surface area contributed by atoms with E-state index >= 15 is 0 Å². The summed E-state index contributed by atoms with van der Waals surface area (Å²) in [6.45, 7) is 0.700. The van der Waals surface area contributed by atoms with Crippen molar-refractivity contribution >= 4 is 40.9 Å². The molecule has 4 nitrogen and oxygen atoms in total. The number of anilines is 1. The molecule has 0 unspecified atom stereocenters. The van der Waals surface area contributed by atoms with E-state index in [1.165, 1.54) is 43.9 Å². The van der Waals surface area contributed by atoms with Gasteiger partial charge in [0.1, 0.15) is 0 Å². The van der Waals surface area contributed by atoms with Gasteiger partial charge in [-0.2, -0.15) is 0 Å². The summed E-state index contributed by atoms with van der Waals surface area (Å²) in [6, 6.07) is 10.8. The van der Waals surface area contributed by atoms with Gasteiger partial charge in [-0.1, -0.05) is 55.5 Å². The molecule has 0 spiro atoms. The van der Waals surface area contributed by atoms with Gasteiger partial charge in [-0.15, -0.1) is 0 Å². The molecule has 146 valence electrons. The Morgan fingerprint density at radius 2 is 1.89 bits per heavy atom. The molecule has 2 N–H and O–H groups in total. The fourth-order valence-corrected chi connectivity index (χ4v) is 5.07. The predicted molar refractivity (Wildman–Crippen MR) is 113 cm³/mol. The van der Waals surface area contributed by atoms with Gasteiger partial charge in [0.05, 0.1) is 11.3 Å². The van der Waals surface area contributed by atoms with Crippen molar-refractivity contribution in [1.82, 2.24) is 5.32 Å². The summed E-state index contributed by atoms with van der Waals surface area (Å²) in [7, 11) is 0. The van der Waals surface area contributed by atoms with Gasteiger partial charge in [0, 0.05) is 26.9 Å². The normalized spacial score (nSPS) is 16.5. The van der Waals surface area contributed by atoms with Gasteiger partial charge >= 0.3 is 0 Å². The molecule has 6 heteroatoms. The van der Waals surface area contributed by atoms with Crippen LogP contribution in [-0.2, 0) is 0 Å². The van der Waals surface area contributed by atoms with Crippen LogP contribution in [0, 0.1) is 5.92 Å². The molecule has 0 atom stereocenters. The number of amides is 2. The number of benzene rings is 2. The number of carbonyl (C=O) groups is 2. The van der Waals surface area contributed by atoms with Crippen LogP contribution in [0.1, 0.15) is 59.2 Å². The zero-order valence-electron chi connectivity index (χ0n) is 15.6.